The lowest BCUT2D eigenvalue weighted by Gasteiger charge is -2.08. The van der Waals surface area contributed by atoms with Crippen LogP contribution in [0.5, 0.6) is 0 Å². The summed E-state index contributed by atoms with van der Waals surface area (Å²) in [4.78, 5) is 28.7. The van der Waals surface area contributed by atoms with Gasteiger partial charge in [-0.25, -0.2) is 4.68 Å². The van der Waals surface area contributed by atoms with Crippen molar-refractivity contribution < 1.29 is 22.8 Å². The van der Waals surface area contributed by atoms with Crippen LogP contribution in [0, 0.1) is 0 Å². The molecule has 0 saturated heterocycles. The summed E-state index contributed by atoms with van der Waals surface area (Å²) < 4.78 is 41.1. The predicted octanol–water partition coefficient (Wildman–Crippen LogP) is 3.40. The summed E-state index contributed by atoms with van der Waals surface area (Å²) in [6.07, 6.45) is -0.535. The number of aromatic nitrogens is 3. The Hall–Kier alpha value is -3.69. The maximum atomic E-state index is 13.4. The van der Waals surface area contributed by atoms with Crippen LogP contribution in [0.3, 0.4) is 0 Å². The molecule has 0 bridgehead atoms. The molecular formula is C22H22F3N5O2. The molecule has 0 radical (unpaired) electrons. The number of rotatable bonds is 8. The molecule has 0 fully saturated rings. The quantitative estimate of drug-likeness (QED) is 0.520. The maximum absolute atomic E-state index is 13.4. The first-order valence-corrected chi connectivity index (χ1v) is 10.0. The minimum atomic E-state index is -4.79. The Morgan fingerprint density at radius 1 is 1.00 bits per heavy atom. The van der Waals surface area contributed by atoms with E-state index in [1.807, 2.05) is 6.92 Å². The topological polar surface area (TPSA) is 88.9 Å². The van der Waals surface area contributed by atoms with Gasteiger partial charge >= 0.3 is 6.18 Å². The summed E-state index contributed by atoms with van der Waals surface area (Å²) in [7, 11) is 0. The Kier molecular flexibility index (Phi) is 7.24. The Morgan fingerprint density at radius 3 is 2.28 bits per heavy atom. The van der Waals surface area contributed by atoms with E-state index in [1.165, 1.54) is 6.20 Å². The summed E-state index contributed by atoms with van der Waals surface area (Å²) in [5, 5.41) is 8.53. The van der Waals surface area contributed by atoms with Gasteiger partial charge in [0.15, 0.2) is 5.69 Å². The van der Waals surface area contributed by atoms with E-state index in [9.17, 15) is 22.8 Å². The second kappa shape index (κ2) is 10.1. The van der Waals surface area contributed by atoms with Crippen molar-refractivity contribution in [2.75, 3.05) is 13.1 Å². The highest BCUT2D eigenvalue weighted by atomic mass is 19.4. The smallest absolute Gasteiger partial charge is 0.350 e. The number of hydrogen-bond donors (Lipinski definition) is 2. The number of aryl methyl sites for hydroxylation is 1. The Balaban J connectivity index is 1.59. The van der Waals surface area contributed by atoms with Gasteiger partial charge in [0.1, 0.15) is 0 Å². The van der Waals surface area contributed by atoms with Gasteiger partial charge < -0.3 is 10.6 Å². The van der Waals surface area contributed by atoms with Gasteiger partial charge in [0.05, 0.1) is 16.8 Å². The summed E-state index contributed by atoms with van der Waals surface area (Å²) >= 11 is 0. The fraction of sp³-hybridized carbons (Fsp3) is 0.273. The minimum absolute atomic E-state index is 0.0372. The van der Waals surface area contributed by atoms with Gasteiger partial charge in [-0.2, -0.15) is 18.3 Å². The molecule has 0 aliphatic carbocycles. The van der Waals surface area contributed by atoms with Crippen molar-refractivity contribution in [2.45, 2.75) is 25.9 Å². The first-order valence-electron chi connectivity index (χ1n) is 10.0. The molecule has 2 amide bonds. The average Bonchev–Trinajstić information content (AvgIpc) is 3.24. The predicted molar refractivity (Wildman–Crippen MR) is 111 cm³/mol. The number of pyridine rings is 1. The minimum Gasteiger partial charge on any atom is -0.350 e. The van der Waals surface area contributed by atoms with Gasteiger partial charge in [0.25, 0.3) is 11.8 Å². The highest BCUT2D eigenvalue weighted by Crippen LogP contribution is 2.31. The average molecular weight is 445 g/mol. The Bertz CT molecular complexity index is 1060. The van der Waals surface area contributed by atoms with Gasteiger partial charge in [0, 0.05) is 31.2 Å². The van der Waals surface area contributed by atoms with E-state index in [4.69, 9.17) is 0 Å². The fourth-order valence-corrected chi connectivity index (χ4v) is 2.97. The number of para-hydroxylation sites is 1. The van der Waals surface area contributed by atoms with Crippen molar-refractivity contribution in [2.24, 2.45) is 0 Å². The van der Waals surface area contributed by atoms with Crippen LogP contribution in [0.4, 0.5) is 13.2 Å². The largest absolute Gasteiger partial charge is 0.435 e. The molecule has 3 aromatic rings. The summed E-state index contributed by atoms with van der Waals surface area (Å²) in [6, 6.07) is 11.6. The molecule has 10 heteroatoms. The van der Waals surface area contributed by atoms with Gasteiger partial charge in [0.2, 0.25) is 0 Å². The molecule has 3 rings (SSSR count). The lowest BCUT2D eigenvalue weighted by Crippen LogP contribution is -2.35. The van der Waals surface area contributed by atoms with Crippen LogP contribution in [0.1, 0.15) is 45.4 Å². The number of amides is 2. The molecule has 2 heterocycles. The Labute approximate surface area is 182 Å². The number of nitrogens with zero attached hydrogens (tertiary/aromatic N) is 3. The maximum Gasteiger partial charge on any atom is 0.435 e. The van der Waals surface area contributed by atoms with E-state index in [2.05, 4.69) is 20.7 Å². The van der Waals surface area contributed by atoms with Crippen molar-refractivity contribution in [3.05, 3.63) is 77.4 Å². The first kappa shape index (κ1) is 23.0. The van der Waals surface area contributed by atoms with Crippen LogP contribution >= 0.6 is 0 Å². The van der Waals surface area contributed by atoms with Crippen LogP contribution in [0.25, 0.3) is 5.69 Å². The van der Waals surface area contributed by atoms with Crippen LogP contribution in [-0.2, 0) is 12.6 Å². The number of hydrogen-bond acceptors (Lipinski definition) is 4. The number of halogens is 3. The first-order chi connectivity index (χ1) is 15.3. The van der Waals surface area contributed by atoms with Gasteiger partial charge in [-0.05, 0) is 30.7 Å². The van der Waals surface area contributed by atoms with Crippen LogP contribution in [0.2, 0.25) is 0 Å². The molecule has 1 aromatic carbocycles. The molecule has 0 atom stereocenters. The van der Waals surface area contributed by atoms with Crippen LogP contribution in [0.15, 0.2) is 54.9 Å². The normalized spacial score (nSPS) is 11.2. The number of benzene rings is 1. The van der Waals surface area contributed by atoms with Crippen molar-refractivity contribution in [3.63, 3.8) is 0 Å². The highest BCUT2D eigenvalue weighted by molar-refractivity contribution is 5.96. The summed E-state index contributed by atoms with van der Waals surface area (Å²) in [5.74, 6) is -1.32. The number of carbonyl (C=O) groups excluding carboxylic acids is 2. The standard InChI is InChI=1S/C22H22F3N5O2/c1-2-6-16-10-9-15(13-28-16)20(31)26-11-12-27-21(32)18-14-30(17-7-4-3-5-8-17)29-19(18)22(23,24)25/h3-5,7-10,13-14H,2,6,11-12H2,1H3,(H,26,31)(H,27,32). The molecule has 7 nitrogen and oxygen atoms in total. The molecule has 2 aromatic heterocycles. The van der Waals surface area contributed by atoms with E-state index >= 15 is 0 Å². The molecule has 0 aliphatic heterocycles. The molecule has 0 aliphatic rings. The molecule has 32 heavy (non-hydrogen) atoms. The van der Waals surface area contributed by atoms with Crippen molar-refractivity contribution >= 4 is 11.8 Å². The van der Waals surface area contributed by atoms with Crippen LogP contribution in [-0.4, -0.2) is 39.7 Å². The zero-order chi connectivity index (χ0) is 23.1. The lowest BCUT2D eigenvalue weighted by molar-refractivity contribution is -0.141. The third-order valence-corrected chi connectivity index (χ3v) is 4.54. The number of nitrogens with one attached hydrogen (secondary N) is 2. The van der Waals surface area contributed by atoms with E-state index in [-0.39, 0.29) is 19.0 Å². The fourth-order valence-electron chi connectivity index (χ4n) is 2.97. The van der Waals surface area contributed by atoms with Crippen molar-refractivity contribution in [1.82, 2.24) is 25.4 Å². The van der Waals surface area contributed by atoms with Gasteiger partial charge in [-0.3, -0.25) is 14.6 Å². The zero-order valence-electron chi connectivity index (χ0n) is 17.3. The second-order valence-electron chi connectivity index (χ2n) is 6.97. The van der Waals surface area contributed by atoms with Gasteiger partial charge in [-0.15, -0.1) is 0 Å². The third-order valence-electron chi connectivity index (χ3n) is 4.54. The molecule has 2 N–H and O–H groups in total. The second-order valence-corrected chi connectivity index (χ2v) is 6.97. The summed E-state index contributed by atoms with van der Waals surface area (Å²) in [5.41, 5.74) is -0.236. The van der Waals surface area contributed by atoms with Gasteiger partial charge in [-0.1, -0.05) is 31.5 Å². The zero-order valence-corrected chi connectivity index (χ0v) is 17.3. The van der Waals surface area contributed by atoms with E-state index < -0.39 is 23.3 Å². The Morgan fingerprint density at radius 2 is 1.69 bits per heavy atom. The lowest BCUT2D eigenvalue weighted by atomic mass is 10.2. The molecule has 168 valence electrons. The molecule has 0 spiro atoms. The molecular weight excluding hydrogens is 423 g/mol. The highest BCUT2D eigenvalue weighted by Gasteiger charge is 2.39. The SMILES string of the molecule is CCCc1ccc(C(=O)NCCNC(=O)c2cn(-c3ccccc3)nc2C(F)(F)F)cn1. The molecule has 0 saturated carbocycles. The monoisotopic (exact) mass is 445 g/mol. The number of alkyl halides is 3. The van der Waals surface area contributed by atoms with E-state index in [0.717, 1.165) is 29.4 Å². The van der Waals surface area contributed by atoms with Crippen LogP contribution < -0.4 is 10.6 Å². The van der Waals surface area contributed by atoms with Crippen molar-refractivity contribution in [1.29, 1.82) is 0 Å². The third kappa shape index (κ3) is 5.71. The van der Waals surface area contributed by atoms with E-state index in [0.29, 0.717) is 11.3 Å². The summed E-state index contributed by atoms with van der Waals surface area (Å²) in [6.45, 7) is 2.01. The van der Waals surface area contributed by atoms with Crippen molar-refractivity contribution in [3.8, 4) is 5.69 Å². The number of carbonyl (C=O) groups is 2. The van der Waals surface area contributed by atoms with E-state index in [1.54, 1.807) is 42.5 Å². The molecule has 0 unspecified atom stereocenters.